The zero-order chi connectivity index (χ0) is 20.2. The van der Waals surface area contributed by atoms with Crippen molar-refractivity contribution in [3.8, 4) is 0 Å². The van der Waals surface area contributed by atoms with Crippen molar-refractivity contribution in [2.24, 2.45) is 27.7 Å². The van der Waals surface area contributed by atoms with Crippen LogP contribution in [0.4, 0.5) is 5.82 Å². The minimum Gasteiger partial charge on any atom is -0.368 e. The van der Waals surface area contributed by atoms with Gasteiger partial charge >= 0.3 is 0 Å². The van der Waals surface area contributed by atoms with Crippen LogP contribution in [0.2, 0.25) is 0 Å². The number of nitrogens with zero attached hydrogens (tertiary/aromatic N) is 3. The fourth-order valence-electron chi connectivity index (χ4n) is 3.74. The zero-order valence-corrected chi connectivity index (χ0v) is 18.6. The van der Waals surface area contributed by atoms with Gasteiger partial charge in [0, 0.05) is 30.2 Å². The molecule has 1 aromatic heterocycles. The second kappa shape index (κ2) is 9.33. The number of hydrogen-bond donors (Lipinski definition) is 2. The molecule has 0 saturated heterocycles. The van der Waals surface area contributed by atoms with Crippen molar-refractivity contribution in [1.82, 2.24) is 9.71 Å². The van der Waals surface area contributed by atoms with Crippen LogP contribution < -0.4 is 10.0 Å². The molecule has 0 amide bonds. The van der Waals surface area contributed by atoms with Gasteiger partial charge in [0.1, 0.15) is 11.7 Å². The Hall–Kier alpha value is -1.82. The van der Waals surface area contributed by atoms with Crippen LogP contribution in [-0.2, 0) is 0 Å². The Morgan fingerprint density at radius 3 is 2.90 bits per heavy atom. The van der Waals surface area contributed by atoms with Gasteiger partial charge in [-0.25, -0.2) is 9.98 Å². The van der Waals surface area contributed by atoms with Gasteiger partial charge in [-0.3, -0.25) is 4.99 Å². The van der Waals surface area contributed by atoms with Crippen molar-refractivity contribution < 1.29 is 0 Å². The SMILES string of the molecule is CC1SNC(c2ccnc(N[C@H](C)CC3CC3)c2)=N/C1=C/N=C\CC(C)C1CC1. The van der Waals surface area contributed by atoms with Crippen LogP contribution in [0.25, 0.3) is 0 Å². The van der Waals surface area contributed by atoms with Crippen LogP contribution in [0.3, 0.4) is 0 Å². The molecule has 0 radical (unpaired) electrons. The van der Waals surface area contributed by atoms with Crippen molar-refractivity contribution in [2.75, 3.05) is 5.32 Å². The summed E-state index contributed by atoms with van der Waals surface area (Å²) < 4.78 is 3.39. The maximum Gasteiger partial charge on any atom is 0.143 e. The van der Waals surface area contributed by atoms with Gasteiger partial charge in [0.2, 0.25) is 0 Å². The molecule has 2 N–H and O–H groups in total. The summed E-state index contributed by atoms with van der Waals surface area (Å²) in [7, 11) is 0. The van der Waals surface area contributed by atoms with E-state index in [1.165, 1.54) is 32.1 Å². The van der Waals surface area contributed by atoms with Gasteiger partial charge < -0.3 is 10.0 Å². The molecule has 2 aliphatic carbocycles. The average molecular weight is 412 g/mol. The van der Waals surface area contributed by atoms with Crippen molar-refractivity contribution in [1.29, 1.82) is 0 Å². The van der Waals surface area contributed by atoms with Crippen molar-refractivity contribution >= 4 is 29.8 Å². The molecule has 1 aromatic rings. The molecule has 2 unspecified atom stereocenters. The summed E-state index contributed by atoms with van der Waals surface area (Å²) in [6.07, 6.45) is 13.7. The highest BCUT2D eigenvalue weighted by molar-refractivity contribution is 7.98. The monoisotopic (exact) mass is 411 g/mol. The summed E-state index contributed by atoms with van der Waals surface area (Å²) in [5.41, 5.74) is 2.06. The molecule has 3 aliphatic rings. The fraction of sp³-hybridized carbons (Fsp3) is 0.609. The highest BCUT2D eigenvalue weighted by Gasteiger charge is 2.27. The molecule has 2 heterocycles. The number of rotatable bonds is 9. The molecule has 1 aliphatic heterocycles. The van der Waals surface area contributed by atoms with Gasteiger partial charge in [-0.1, -0.05) is 19.8 Å². The van der Waals surface area contributed by atoms with Crippen LogP contribution in [0.5, 0.6) is 0 Å². The molecule has 0 aromatic carbocycles. The maximum absolute atomic E-state index is 4.85. The van der Waals surface area contributed by atoms with Crippen LogP contribution in [-0.4, -0.2) is 28.3 Å². The predicted octanol–water partition coefficient (Wildman–Crippen LogP) is 5.42. The lowest BCUT2D eigenvalue weighted by Gasteiger charge is -2.21. The summed E-state index contributed by atoms with van der Waals surface area (Å²) in [6.45, 7) is 6.73. The molecule has 2 fully saturated rings. The lowest BCUT2D eigenvalue weighted by atomic mass is 10.0. The standard InChI is InChI=1S/C23H33N5S/c1-15(19-6-7-19)8-10-24-14-21-17(3)29-28-23(27-21)20-9-11-25-22(13-20)26-16(2)12-18-4-5-18/h9-11,13-19H,4-8,12H2,1-3H3,(H,25,26)(H,27,28)/b21-14+,24-10-/t15?,16-,17?/m1/s1. The number of pyridine rings is 1. The normalized spacial score (nSPS) is 25.6. The molecule has 156 valence electrons. The molecular formula is C23H33N5S. The zero-order valence-electron chi connectivity index (χ0n) is 17.8. The maximum atomic E-state index is 4.85. The lowest BCUT2D eigenvalue weighted by Crippen LogP contribution is -2.26. The minimum atomic E-state index is 0.273. The second-order valence-corrected chi connectivity index (χ2v) is 10.1. The minimum absolute atomic E-state index is 0.273. The first kappa shape index (κ1) is 20.5. The Morgan fingerprint density at radius 1 is 1.31 bits per heavy atom. The molecule has 3 atom stereocenters. The fourth-order valence-corrected chi connectivity index (χ4v) is 4.43. The quantitative estimate of drug-likeness (QED) is 0.421. The number of nitrogens with one attached hydrogen (secondary N) is 2. The number of amidine groups is 1. The van der Waals surface area contributed by atoms with E-state index in [-0.39, 0.29) is 5.25 Å². The number of anilines is 1. The third-order valence-electron chi connectivity index (χ3n) is 6.02. The van der Waals surface area contributed by atoms with E-state index in [1.54, 1.807) is 11.9 Å². The highest BCUT2D eigenvalue weighted by atomic mass is 32.2. The average Bonchev–Trinajstić information content (AvgIpc) is 3.60. The third-order valence-corrected chi connectivity index (χ3v) is 6.92. The molecule has 0 spiro atoms. The van der Waals surface area contributed by atoms with E-state index in [1.807, 2.05) is 18.5 Å². The van der Waals surface area contributed by atoms with Crippen LogP contribution in [0, 0.1) is 17.8 Å². The molecule has 6 heteroatoms. The Kier molecular flexibility index (Phi) is 6.58. The van der Waals surface area contributed by atoms with Gasteiger partial charge in [0.05, 0.1) is 10.9 Å². The Labute approximate surface area is 179 Å². The predicted molar refractivity (Wildman–Crippen MR) is 124 cm³/mol. The molecule has 5 nitrogen and oxygen atoms in total. The summed E-state index contributed by atoms with van der Waals surface area (Å²) in [4.78, 5) is 13.9. The Bertz CT molecular complexity index is 794. The molecule has 4 rings (SSSR count). The number of hydrogen-bond acceptors (Lipinski definition) is 6. The van der Waals surface area contributed by atoms with E-state index in [2.05, 4.69) is 53.1 Å². The molecular weight excluding hydrogens is 378 g/mol. The van der Waals surface area contributed by atoms with E-state index in [0.29, 0.717) is 6.04 Å². The van der Waals surface area contributed by atoms with Gasteiger partial charge in [0.15, 0.2) is 0 Å². The highest BCUT2D eigenvalue weighted by Crippen LogP contribution is 2.37. The van der Waals surface area contributed by atoms with Gasteiger partial charge in [-0.05, 0) is 81.4 Å². The number of aromatic nitrogens is 1. The van der Waals surface area contributed by atoms with Gasteiger partial charge in [-0.2, -0.15) is 0 Å². The van der Waals surface area contributed by atoms with E-state index in [4.69, 9.17) is 4.99 Å². The first-order chi connectivity index (χ1) is 14.1. The summed E-state index contributed by atoms with van der Waals surface area (Å²) >= 11 is 1.68. The van der Waals surface area contributed by atoms with Gasteiger partial charge in [0.25, 0.3) is 0 Å². The summed E-state index contributed by atoms with van der Waals surface area (Å²) in [5, 5.41) is 3.81. The van der Waals surface area contributed by atoms with Crippen molar-refractivity contribution in [3.63, 3.8) is 0 Å². The van der Waals surface area contributed by atoms with Crippen LogP contribution in [0.1, 0.15) is 64.9 Å². The number of aliphatic imine (C=N–C) groups is 2. The summed E-state index contributed by atoms with van der Waals surface area (Å²) in [6, 6.07) is 4.55. The first-order valence-electron chi connectivity index (χ1n) is 11.0. The third kappa shape index (κ3) is 6.08. The van der Waals surface area contributed by atoms with Crippen LogP contribution >= 0.6 is 11.9 Å². The van der Waals surface area contributed by atoms with E-state index < -0.39 is 0 Å². The lowest BCUT2D eigenvalue weighted by molar-refractivity contribution is 0.533. The first-order valence-corrected chi connectivity index (χ1v) is 11.9. The Balaban J connectivity index is 1.41. The smallest absolute Gasteiger partial charge is 0.143 e. The van der Waals surface area contributed by atoms with E-state index >= 15 is 0 Å². The van der Waals surface area contributed by atoms with Gasteiger partial charge in [-0.15, -0.1) is 0 Å². The molecule has 2 saturated carbocycles. The Morgan fingerprint density at radius 2 is 2.14 bits per heavy atom. The van der Waals surface area contributed by atoms with E-state index in [0.717, 1.165) is 47.1 Å². The van der Waals surface area contributed by atoms with E-state index in [9.17, 15) is 0 Å². The second-order valence-electron chi connectivity index (χ2n) is 8.91. The summed E-state index contributed by atoms with van der Waals surface area (Å²) in [5.74, 6) is 4.38. The molecule has 29 heavy (non-hydrogen) atoms. The molecule has 0 bridgehead atoms. The largest absolute Gasteiger partial charge is 0.368 e. The van der Waals surface area contributed by atoms with Crippen LogP contribution in [0.15, 0.2) is 40.2 Å². The topological polar surface area (TPSA) is 61.7 Å². The van der Waals surface area contributed by atoms with Crippen molar-refractivity contribution in [3.05, 3.63) is 35.8 Å². The van der Waals surface area contributed by atoms with Crippen molar-refractivity contribution in [2.45, 2.75) is 70.6 Å².